The van der Waals surface area contributed by atoms with Gasteiger partial charge in [-0.15, -0.1) is 0 Å². The van der Waals surface area contributed by atoms with Gasteiger partial charge in [-0.2, -0.15) is 0 Å². The van der Waals surface area contributed by atoms with Gasteiger partial charge in [0, 0.05) is 58.0 Å². The molecule has 1 aromatic carbocycles. The van der Waals surface area contributed by atoms with Crippen LogP contribution in [0.3, 0.4) is 0 Å². The van der Waals surface area contributed by atoms with E-state index in [4.69, 9.17) is 4.74 Å². The summed E-state index contributed by atoms with van der Waals surface area (Å²) in [6.07, 6.45) is 2.30. The van der Waals surface area contributed by atoms with Crippen molar-refractivity contribution in [3.8, 4) is 0 Å². The second-order valence-corrected chi connectivity index (χ2v) is 6.96. The first-order valence-corrected chi connectivity index (χ1v) is 9.03. The van der Waals surface area contributed by atoms with E-state index in [1.165, 1.54) is 11.3 Å². The molecule has 24 heavy (non-hydrogen) atoms. The topological polar surface area (TPSA) is 40.1 Å². The Morgan fingerprint density at radius 3 is 3.04 bits per heavy atom. The van der Waals surface area contributed by atoms with E-state index in [0.29, 0.717) is 12.0 Å². The molecule has 2 atom stereocenters. The van der Waals surface area contributed by atoms with Gasteiger partial charge in [-0.25, -0.2) is 0 Å². The van der Waals surface area contributed by atoms with Crippen molar-refractivity contribution in [3.63, 3.8) is 0 Å². The molecule has 1 aromatic rings. The number of aliphatic imine (C=N–C) groups is 1. The number of anilines is 1. The molecule has 1 fully saturated rings. The molecule has 5 heteroatoms. The van der Waals surface area contributed by atoms with Crippen molar-refractivity contribution in [2.24, 2.45) is 10.9 Å². The highest BCUT2D eigenvalue weighted by molar-refractivity contribution is 5.79. The van der Waals surface area contributed by atoms with Crippen molar-refractivity contribution in [2.45, 2.75) is 25.8 Å². The van der Waals surface area contributed by atoms with Crippen LogP contribution >= 0.6 is 0 Å². The standard InChI is InChI=1S/C19H30N4O/c1-15(23-10-8-17-6-4-5-7-18(17)23)12-21-19(20-2)22(3)13-16-9-11-24-14-16/h4-7,15-16H,8-14H2,1-3H3,(H,20,21). The van der Waals surface area contributed by atoms with E-state index >= 15 is 0 Å². The van der Waals surface area contributed by atoms with Crippen LogP contribution in [0.25, 0.3) is 0 Å². The van der Waals surface area contributed by atoms with Gasteiger partial charge in [0.1, 0.15) is 0 Å². The zero-order valence-corrected chi connectivity index (χ0v) is 15.2. The first-order valence-electron chi connectivity index (χ1n) is 9.03. The predicted molar refractivity (Wildman–Crippen MR) is 99.9 cm³/mol. The van der Waals surface area contributed by atoms with Crippen LogP contribution < -0.4 is 10.2 Å². The van der Waals surface area contributed by atoms with Gasteiger partial charge in [-0.05, 0) is 31.4 Å². The van der Waals surface area contributed by atoms with Crippen LogP contribution in [0, 0.1) is 5.92 Å². The molecule has 0 saturated carbocycles. The number of guanidine groups is 1. The number of rotatable bonds is 5. The number of nitrogens with zero attached hydrogens (tertiary/aromatic N) is 3. The van der Waals surface area contributed by atoms with Crippen molar-refractivity contribution >= 4 is 11.6 Å². The van der Waals surface area contributed by atoms with Crippen LogP contribution in [0.2, 0.25) is 0 Å². The largest absolute Gasteiger partial charge is 0.381 e. The molecule has 0 bridgehead atoms. The Morgan fingerprint density at radius 2 is 2.29 bits per heavy atom. The summed E-state index contributed by atoms with van der Waals surface area (Å²) in [6.45, 7) is 7.06. The smallest absolute Gasteiger partial charge is 0.193 e. The Bertz CT molecular complexity index is 568. The van der Waals surface area contributed by atoms with Crippen molar-refractivity contribution in [1.29, 1.82) is 0 Å². The fraction of sp³-hybridized carbons (Fsp3) is 0.632. The molecule has 132 valence electrons. The molecule has 2 aliphatic heterocycles. The average Bonchev–Trinajstić information content (AvgIpc) is 3.24. The van der Waals surface area contributed by atoms with Crippen LogP contribution in [0.15, 0.2) is 29.3 Å². The number of nitrogens with one attached hydrogen (secondary N) is 1. The molecule has 1 N–H and O–H groups in total. The Balaban J connectivity index is 1.52. The van der Waals surface area contributed by atoms with Gasteiger partial charge < -0.3 is 19.9 Å². The molecule has 0 radical (unpaired) electrons. The lowest BCUT2D eigenvalue weighted by Gasteiger charge is -2.30. The van der Waals surface area contributed by atoms with Crippen molar-refractivity contribution < 1.29 is 4.74 Å². The van der Waals surface area contributed by atoms with Gasteiger partial charge in [0.25, 0.3) is 0 Å². The third-order valence-electron chi connectivity index (χ3n) is 5.14. The van der Waals surface area contributed by atoms with Gasteiger partial charge in [-0.3, -0.25) is 4.99 Å². The van der Waals surface area contributed by atoms with Crippen LogP contribution in [0.5, 0.6) is 0 Å². The van der Waals surface area contributed by atoms with E-state index in [-0.39, 0.29) is 0 Å². The summed E-state index contributed by atoms with van der Waals surface area (Å²) in [5.74, 6) is 1.60. The molecule has 0 spiro atoms. The minimum atomic E-state index is 0.439. The summed E-state index contributed by atoms with van der Waals surface area (Å²) in [6, 6.07) is 9.18. The van der Waals surface area contributed by atoms with E-state index in [1.54, 1.807) is 0 Å². The van der Waals surface area contributed by atoms with Crippen molar-refractivity contribution in [2.75, 3.05) is 51.8 Å². The second kappa shape index (κ2) is 7.88. The Hall–Kier alpha value is -1.75. The van der Waals surface area contributed by atoms with E-state index in [1.807, 2.05) is 7.05 Å². The zero-order valence-electron chi connectivity index (χ0n) is 15.2. The molecule has 3 rings (SSSR count). The van der Waals surface area contributed by atoms with Gasteiger partial charge >= 0.3 is 0 Å². The summed E-state index contributed by atoms with van der Waals surface area (Å²) in [5.41, 5.74) is 2.85. The molecule has 0 aromatic heterocycles. The van der Waals surface area contributed by atoms with Crippen molar-refractivity contribution in [1.82, 2.24) is 10.2 Å². The molecule has 5 nitrogen and oxygen atoms in total. The SMILES string of the molecule is CN=C(NCC(C)N1CCc2ccccc21)N(C)CC1CCOC1. The third-order valence-corrected chi connectivity index (χ3v) is 5.14. The lowest BCUT2D eigenvalue weighted by Crippen LogP contribution is -2.47. The molecule has 0 amide bonds. The summed E-state index contributed by atoms with van der Waals surface area (Å²) in [7, 11) is 3.98. The van der Waals surface area contributed by atoms with Crippen LogP contribution in [0.4, 0.5) is 5.69 Å². The number of hydrogen-bond acceptors (Lipinski definition) is 3. The highest BCUT2D eigenvalue weighted by Crippen LogP contribution is 2.28. The third kappa shape index (κ3) is 3.83. The molecule has 1 saturated heterocycles. The van der Waals surface area contributed by atoms with Crippen LogP contribution in [-0.2, 0) is 11.2 Å². The maximum Gasteiger partial charge on any atom is 0.193 e. The Labute approximate surface area is 145 Å². The normalized spacial score (nSPS) is 21.7. The highest BCUT2D eigenvalue weighted by atomic mass is 16.5. The monoisotopic (exact) mass is 330 g/mol. The first-order chi connectivity index (χ1) is 11.7. The molecule has 2 unspecified atom stereocenters. The maximum absolute atomic E-state index is 5.48. The summed E-state index contributed by atoms with van der Waals surface area (Å²) in [4.78, 5) is 9.17. The zero-order chi connectivity index (χ0) is 16.9. The lowest BCUT2D eigenvalue weighted by molar-refractivity contribution is 0.181. The van der Waals surface area contributed by atoms with E-state index in [9.17, 15) is 0 Å². The average molecular weight is 330 g/mol. The minimum absolute atomic E-state index is 0.439. The fourth-order valence-electron chi connectivity index (χ4n) is 3.76. The number of hydrogen-bond donors (Lipinski definition) is 1. The Kier molecular flexibility index (Phi) is 5.61. The van der Waals surface area contributed by atoms with Gasteiger partial charge in [-0.1, -0.05) is 18.2 Å². The summed E-state index contributed by atoms with van der Waals surface area (Å²) >= 11 is 0. The summed E-state index contributed by atoms with van der Waals surface area (Å²) in [5, 5.41) is 3.54. The fourth-order valence-corrected chi connectivity index (χ4v) is 3.76. The van der Waals surface area contributed by atoms with Gasteiger partial charge in [0.05, 0.1) is 6.61 Å². The van der Waals surface area contributed by atoms with Gasteiger partial charge in [0.15, 0.2) is 5.96 Å². The van der Waals surface area contributed by atoms with E-state index in [0.717, 1.165) is 51.6 Å². The second-order valence-electron chi connectivity index (χ2n) is 6.96. The van der Waals surface area contributed by atoms with Crippen LogP contribution in [0.1, 0.15) is 18.9 Å². The first kappa shape index (κ1) is 17.1. The van der Waals surface area contributed by atoms with Gasteiger partial charge in [0.2, 0.25) is 0 Å². The number of fused-ring (bicyclic) bond motifs is 1. The lowest BCUT2D eigenvalue weighted by atomic mass is 10.1. The van der Waals surface area contributed by atoms with Crippen LogP contribution in [-0.4, -0.2) is 63.8 Å². The van der Waals surface area contributed by atoms with E-state index in [2.05, 4.69) is 58.3 Å². The number of benzene rings is 1. The van der Waals surface area contributed by atoms with E-state index < -0.39 is 0 Å². The molecule has 2 heterocycles. The molecule has 2 aliphatic rings. The maximum atomic E-state index is 5.48. The summed E-state index contributed by atoms with van der Waals surface area (Å²) < 4.78 is 5.48. The highest BCUT2D eigenvalue weighted by Gasteiger charge is 2.24. The molecular formula is C19H30N4O. The Morgan fingerprint density at radius 1 is 1.46 bits per heavy atom. The minimum Gasteiger partial charge on any atom is -0.381 e. The number of para-hydroxylation sites is 1. The van der Waals surface area contributed by atoms with Crippen molar-refractivity contribution in [3.05, 3.63) is 29.8 Å². The number of ether oxygens (including phenoxy) is 1. The predicted octanol–water partition coefficient (Wildman–Crippen LogP) is 1.98. The molecular weight excluding hydrogens is 300 g/mol. The molecule has 0 aliphatic carbocycles. The quantitative estimate of drug-likeness (QED) is 0.662.